The minimum absolute atomic E-state index is 0.203. The van der Waals surface area contributed by atoms with Gasteiger partial charge in [-0.2, -0.15) is 17.0 Å². The van der Waals surface area contributed by atoms with Crippen molar-refractivity contribution in [1.82, 2.24) is 0 Å². The highest BCUT2D eigenvalue weighted by Gasteiger charge is 2.01. The number of nitrogens with two attached hydrogens (primary N) is 1. The zero-order valence-electron chi connectivity index (χ0n) is 9.24. The molecule has 0 radical (unpaired) electrons. The van der Waals surface area contributed by atoms with E-state index in [4.69, 9.17) is 11.0 Å². The summed E-state index contributed by atoms with van der Waals surface area (Å²) in [6, 6.07) is 6.59. The second-order valence-corrected chi connectivity index (χ2v) is 4.88. The summed E-state index contributed by atoms with van der Waals surface area (Å²) >= 11 is 1.71. The molecule has 2 nitrogen and oxygen atoms in total. The molecule has 0 aliphatic heterocycles. The smallest absolute Gasteiger partial charge is 0.124 e. The van der Waals surface area contributed by atoms with Crippen LogP contribution in [0.25, 0.3) is 0 Å². The van der Waals surface area contributed by atoms with Crippen LogP contribution in [0.5, 0.6) is 0 Å². The first-order chi connectivity index (χ1) is 7.61. The molecule has 1 atom stereocenters. The van der Waals surface area contributed by atoms with E-state index in [9.17, 15) is 4.39 Å². The van der Waals surface area contributed by atoms with Gasteiger partial charge in [0.1, 0.15) is 5.82 Å². The van der Waals surface area contributed by atoms with Crippen molar-refractivity contribution in [2.24, 2.45) is 5.73 Å². The molecule has 1 unspecified atom stereocenters. The van der Waals surface area contributed by atoms with Gasteiger partial charge < -0.3 is 5.73 Å². The number of nitrogens with zero attached hydrogens (tertiary/aromatic N) is 1. The van der Waals surface area contributed by atoms with E-state index in [1.165, 1.54) is 12.1 Å². The molecule has 0 bridgehead atoms. The second kappa shape index (κ2) is 6.51. The molecular weight excluding hydrogens is 223 g/mol. The first-order valence-corrected chi connectivity index (χ1v) is 6.30. The van der Waals surface area contributed by atoms with E-state index < -0.39 is 0 Å². The zero-order valence-corrected chi connectivity index (χ0v) is 10.1. The van der Waals surface area contributed by atoms with Crippen LogP contribution in [0.2, 0.25) is 0 Å². The third-order valence-corrected chi connectivity index (χ3v) is 3.13. The third-order valence-electron chi connectivity index (χ3n) is 2.07. The molecule has 0 fully saturated rings. The third kappa shape index (κ3) is 4.65. The summed E-state index contributed by atoms with van der Waals surface area (Å²) in [5.74, 6) is 1.33. The molecule has 16 heavy (non-hydrogen) atoms. The lowest BCUT2D eigenvalue weighted by Crippen LogP contribution is -2.15. The standard InChI is InChI=1S/C12H15FN2S/c1-9(15)2-3-16-8-11-4-10(7-14)5-12(13)6-11/h4-6,9H,2-3,8,15H2,1H3. The summed E-state index contributed by atoms with van der Waals surface area (Å²) in [7, 11) is 0. The summed E-state index contributed by atoms with van der Waals surface area (Å²) in [5, 5.41) is 8.69. The molecule has 1 rings (SSSR count). The van der Waals surface area contributed by atoms with Crippen LogP contribution in [0.1, 0.15) is 24.5 Å². The van der Waals surface area contributed by atoms with Crippen LogP contribution in [-0.4, -0.2) is 11.8 Å². The maximum Gasteiger partial charge on any atom is 0.124 e. The average molecular weight is 238 g/mol. The first-order valence-electron chi connectivity index (χ1n) is 5.14. The highest BCUT2D eigenvalue weighted by Crippen LogP contribution is 2.16. The molecule has 0 aliphatic carbocycles. The Labute approximate surface area is 99.6 Å². The van der Waals surface area contributed by atoms with Gasteiger partial charge in [0.15, 0.2) is 0 Å². The molecule has 0 saturated carbocycles. The van der Waals surface area contributed by atoms with Crippen LogP contribution in [0, 0.1) is 17.1 Å². The van der Waals surface area contributed by atoms with Crippen molar-refractivity contribution in [2.75, 3.05) is 5.75 Å². The van der Waals surface area contributed by atoms with Crippen LogP contribution < -0.4 is 5.73 Å². The second-order valence-electron chi connectivity index (χ2n) is 3.78. The Morgan fingerprint density at radius 2 is 2.25 bits per heavy atom. The van der Waals surface area contributed by atoms with E-state index in [0.717, 1.165) is 23.5 Å². The van der Waals surface area contributed by atoms with Gasteiger partial charge in [-0.1, -0.05) is 0 Å². The number of thioether (sulfide) groups is 1. The summed E-state index contributed by atoms with van der Waals surface area (Å²) in [4.78, 5) is 0. The van der Waals surface area contributed by atoms with Gasteiger partial charge >= 0.3 is 0 Å². The average Bonchev–Trinajstić information content (AvgIpc) is 2.23. The van der Waals surface area contributed by atoms with Gasteiger partial charge in [0, 0.05) is 11.8 Å². The first kappa shape index (κ1) is 13.0. The molecule has 0 amide bonds. The summed E-state index contributed by atoms with van der Waals surface area (Å²) in [5.41, 5.74) is 6.86. The van der Waals surface area contributed by atoms with Crippen LogP contribution >= 0.6 is 11.8 Å². The van der Waals surface area contributed by atoms with Crippen molar-refractivity contribution >= 4 is 11.8 Å². The van der Waals surface area contributed by atoms with Gasteiger partial charge in [0.25, 0.3) is 0 Å². The molecule has 0 spiro atoms. The normalized spacial score (nSPS) is 12.1. The van der Waals surface area contributed by atoms with Gasteiger partial charge in [-0.15, -0.1) is 0 Å². The Kier molecular flexibility index (Phi) is 5.30. The molecule has 1 aromatic carbocycles. The lowest BCUT2D eigenvalue weighted by molar-refractivity contribution is 0.626. The van der Waals surface area contributed by atoms with Crippen LogP contribution in [0.15, 0.2) is 18.2 Å². The molecule has 86 valence electrons. The molecular formula is C12H15FN2S. The number of hydrogen-bond donors (Lipinski definition) is 1. The number of rotatable bonds is 5. The largest absolute Gasteiger partial charge is 0.328 e. The maximum absolute atomic E-state index is 13.1. The fraction of sp³-hybridized carbons (Fsp3) is 0.417. The Bertz CT molecular complexity index is 385. The molecule has 0 saturated heterocycles. The van der Waals surface area contributed by atoms with Crippen molar-refractivity contribution in [1.29, 1.82) is 5.26 Å². The lowest BCUT2D eigenvalue weighted by atomic mass is 10.1. The Hall–Kier alpha value is -1.05. The van der Waals surface area contributed by atoms with Gasteiger partial charge in [-0.3, -0.25) is 0 Å². The lowest BCUT2D eigenvalue weighted by Gasteiger charge is -2.05. The fourth-order valence-electron chi connectivity index (χ4n) is 1.26. The van der Waals surface area contributed by atoms with Crippen LogP contribution in [-0.2, 0) is 5.75 Å². The number of benzene rings is 1. The molecule has 2 N–H and O–H groups in total. The van der Waals surface area contributed by atoms with Crippen molar-refractivity contribution in [3.8, 4) is 6.07 Å². The number of hydrogen-bond acceptors (Lipinski definition) is 3. The Balaban J connectivity index is 2.48. The zero-order chi connectivity index (χ0) is 12.0. The van der Waals surface area contributed by atoms with E-state index in [1.807, 2.05) is 13.0 Å². The van der Waals surface area contributed by atoms with Crippen LogP contribution in [0.4, 0.5) is 4.39 Å². The van der Waals surface area contributed by atoms with E-state index in [-0.39, 0.29) is 11.9 Å². The summed E-state index contributed by atoms with van der Waals surface area (Å²) < 4.78 is 13.1. The molecule has 4 heteroatoms. The molecule has 0 aliphatic rings. The van der Waals surface area contributed by atoms with Crippen LogP contribution in [0.3, 0.4) is 0 Å². The Morgan fingerprint density at radius 1 is 1.50 bits per heavy atom. The van der Waals surface area contributed by atoms with Crippen molar-refractivity contribution in [3.63, 3.8) is 0 Å². The number of halogens is 1. The van der Waals surface area contributed by atoms with Gasteiger partial charge in [0.2, 0.25) is 0 Å². The minimum Gasteiger partial charge on any atom is -0.328 e. The SMILES string of the molecule is CC(N)CCSCc1cc(F)cc(C#N)c1. The van der Waals surface area contributed by atoms with Gasteiger partial charge in [-0.25, -0.2) is 4.39 Å². The monoisotopic (exact) mass is 238 g/mol. The summed E-state index contributed by atoms with van der Waals surface area (Å²) in [6.07, 6.45) is 0.949. The topological polar surface area (TPSA) is 49.8 Å². The van der Waals surface area contributed by atoms with Crippen molar-refractivity contribution in [2.45, 2.75) is 25.1 Å². The highest BCUT2D eigenvalue weighted by atomic mass is 32.2. The quantitative estimate of drug-likeness (QED) is 0.802. The van der Waals surface area contributed by atoms with Gasteiger partial charge in [-0.05, 0) is 42.9 Å². The Morgan fingerprint density at radius 3 is 2.88 bits per heavy atom. The highest BCUT2D eigenvalue weighted by molar-refractivity contribution is 7.98. The predicted octanol–water partition coefficient (Wildman–Crippen LogP) is 2.67. The fourth-order valence-corrected chi connectivity index (χ4v) is 2.34. The summed E-state index contributed by atoms with van der Waals surface area (Å²) in [6.45, 7) is 1.97. The number of nitriles is 1. The molecule has 0 heterocycles. The van der Waals surface area contributed by atoms with E-state index >= 15 is 0 Å². The van der Waals surface area contributed by atoms with Crippen molar-refractivity contribution in [3.05, 3.63) is 35.1 Å². The molecule has 0 aromatic heterocycles. The predicted molar refractivity (Wildman–Crippen MR) is 65.5 cm³/mol. The van der Waals surface area contributed by atoms with E-state index in [2.05, 4.69) is 0 Å². The van der Waals surface area contributed by atoms with Crippen molar-refractivity contribution < 1.29 is 4.39 Å². The molecule has 1 aromatic rings. The van der Waals surface area contributed by atoms with Gasteiger partial charge in [0.05, 0.1) is 11.6 Å². The van der Waals surface area contributed by atoms with E-state index in [1.54, 1.807) is 17.8 Å². The van der Waals surface area contributed by atoms with E-state index in [0.29, 0.717) is 5.56 Å². The maximum atomic E-state index is 13.1. The minimum atomic E-state index is -0.346.